The van der Waals surface area contributed by atoms with Crippen molar-refractivity contribution in [3.05, 3.63) is 12.6 Å². The monoisotopic (exact) mass is 681 g/mol. The minimum absolute atomic E-state index is 0. The van der Waals surface area contributed by atoms with Gasteiger partial charge in [-0.25, -0.2) is 7.05 Å². The van der Waals surface area contributed by atoms with Crippen LogP contribution in [0.4, 0.5) is 0 Å². The number of rotatable bonds is 3. The molecule has 12 aliphatic rings. The molecule has 12 fully saturated rings. The molecule has 12 rings (SSSR count). The molecule has 40 heavy (non-hydrogen) atoms. The van der Waals surface area contributed by atoms with E-state index in [1.165, 1.54) is 116 Å². The normalized spacial score (nSPS) is 60.9. The van der Waals surface area contributed by atoms with Crippen LogP contribution in [0.25, 0.3) is 5.16 Å². The molecule has 224 valence electrons. The molecule has 0 aromatic rings. The molecule has 5 heteroatoms. The third-order valence-corrected chi connectivity index (χ3v) is 20.9. The Kier molecular flexibility index (Phi) is 6.95. The van der Waals surface area contributed by atoms with Gasteiger partial charge < -0.3 is 12.6 Å². The van der Waals surface area contributed by atoms with Gasteiger partial charge in [-0.2, -0.15) is 0 Å². The van der Waals surface area contributed by atoms with Gasteiger partial charge in [0.2, 0.25) is 0 Å². The van der Waals surface area contributed by atoms with Crippen molar-refractivity contribution in [2.24, 2.45) is 51.2 Å². The summed E-state index contributed by atoms with van der Waals surface area (Å²) in [5.41, 5.74) is 2.06. The zero-order valence-corrected chi connectivity index (χ0v) is 31.1. The van der Waals surface area contributed by atoms with Crippen molar-refractivity contribution < 1.29 is 20.8 Å². The van der Waals surface area contributed by atoms with E-state index in [1.807, 2.05) is 0 Å². The van der Waals surface area contributed by atoms with Gasteiger partial charge in [0.15, 0.2) is 0 Å². The fourth-order valence-corrected chi connectivity index (χ4v) is 25.5. The first-order valence-electron chi connectivity index (χ1n) is 16.8. The molecule has 4 unspecified atom stereocenters. The van der Waals surface area contributed by atoms with E-state index in [4.69, 9.17) is 17.0 Å². The summed E-state index contributed by atoms with van der Waals surface area (Å²) in [5, 5.41) is 15.6. The van der Waals surface area contributed by atoms with E-state index in [0.29, 0.717) is 37.1 Å². The Labute approximate surface area is 265 Å². The molecular weight excluding hydrogens is 627 g/mol. The number of nitrogens with zero attached hydrogens (tertiary/aromatic N) is 1. The van der Waals surface area contributed by atoms with E-state index in [1.54, 1.807) is 0 Å². The topological polar surface area (TPSA) is 22.3 Å². The minimum atomic E-state index is -2.24. The van der Waals surface area contributed by atoms with E-state index in [-0.39, 0.29) is 7.43 Å². The van der Waals surface area contributed by atoms with E-state index >= 15 is 0 Å². The van der Waals surface area contributed by atoms with Crippen molar-refractivity contribution in [2.75, 3.05) is 0 Å². The van der Waals surface area contributed by atoms with Crippen LogP contribution in [0.3, 0.4) is 0 Å². The Morgan fingerprint density at radius 1 is 0.500 bits per heavy atom. The van der Waals surface area contributed by atoms with Gasteiger partial charge in [0, 0.05) is 0 Å². The van der Waals surface area contributed by atoms with Crippen molar-refractivity contribution in [3.63, 3.8) is 0 Å². The van der Waals surface area contributed by atoms with E-state index in [2.05, 4.69) is 27.7 Å². The molecule has 0 spiro atoms. The maximum absolute atomic E-state index is 14.7. The first kappa shape index (κ1) is 30.4. The summed E-state index contributed by atoms with van der Waals surface area (Å²) in [6, 6.07) is 0. The van der Waals surface area contributed by atoms with Crippen molar-refractivity contribution in [3.8, 4) is 0 Å². The summed E-state index contributed by atoms with van der Waals surface area (Å²) in [5.74, 6) is 4.71. The van der Waals surface area contributed by atoms with Gasteiger partial charge in [-0.3, -0.25) is 0 Å². The van der Waals surface area contributed by atoms with Crippen molar-refractivity contribution in [1.29, 1.82) is 0 Å². The summed E-state index contributed by atoms with van der Waals surface area (Å²) < 4.78 is 0. The predicted molar refractivity (Wildman–Crippen MR) is 170 cm³/mol. The second-order valence-corrected chi connectivity index (χ2v) is 27.4. The first-order valence-corrected chi connectivity index (χ1v) is 24.9. The molecule has 12 saturated carbocycles. The second kappa shape index (κ2) is 9.15. The van der Waals surface area contributed by atoms with Gasteiger partial charge in [0.05, 0.1) is 0 Å². The molecule has 0 aromatic heterocycles. The van der Waals surface area contributed by atoms with Gasteiger partial charge >= 0.3 is 37.9 Å². The van der Waals surface area contributed by atoms with Crippen LogP contribution in [-0.4, -0.2) is 15.5 Å². The number of halogens is 2. The van der Waals surface area contributed by atoms with Crippen LogP contribution in [0.5, 0.6) is 0 Å². The summed E-state index contributed by atoms with van der Waals surface area (Å²) in [7, 11) is 7.63. The molecule has 12 bridgehead atoms. The Hall–Kier alpha value is 1.69. The molecule has 1 nitrogen and oxygen atoms in total. The zero-order valence-electron chi connectivity index (χ0n) is 26.3. The summed E-state index contributed by atoms with van der Waals surface area (Å²) >= 11 is -0.826. The van der Waals surface area contributed by atoms with Crippen molar-refractivity contribution >= 4 is 24.1 Å². The van der Waals surface area contributed by atoms with Gasteiger partial charge in [0.25, 0.3) is 0 Å². The van der Waals surface area contributed by atoms with Crippen molar-refractivity contribution in [2.45, 2.75) is 159 Å². The molecule has 0 radical (unpaired) electrons. The summed E-state index contributed by atoms with van der Waals surface area (Å²) in [6.45, 7) is 10.8. The molecule has 0 N–H and O–H groups in total. The molecule has 0 aliphatic heterocycles. The van der Waals surface area contributed by atoms with E-state index in [9.17, 15) is 5.16 Å². The van der Waals surface area contributed by atoms with E-state index in [0.717, 1.165) is 29.6 Å². The Bertz CT molecular complexity index is 987. The number of hydrogen-bond donors (Lipinski definition) is 0. The van der Waals surface area contributed by atoms with Crippen LogP contribution < -0.4 is 0 Å². The van der Waals surface area contributed by atoms with Crippen LogP contribution in [-0.2, 0) is 20.8 Å². The van der Waals surface area contributed by atoms with Crippen LogP contribution in [0, 0.1) is 58.7 Å². The third kappa shape index (κ3) is 4.01. The van der Waals surface area contributed by atoms with Gasteiger partial charge in [0.1, 0.15) is 0 Å². The van der Waals surface area contributed by atoms with Crippen LogP contribution >= 0.6 is 24.1 Å². The van der Waals surface area contributed by atoms with Crippen molar-refractivity contribution in [1.82, 2.24) is 0 Å². The second-order valence-electron chi connectivity index (χ2n) is 19.6. The quantitative estimate of drug-likeness (QED) is 0.209. The Morgan fingerprint density at radius 3 is 1.05 bits per heavy atom. The standard InChI is InChI=1S/C34H53NP.CH3.2ClH.Zr/c1-28-8-26-9-29(2,17-28)20-33(15-26,19-28)36(35,32-12-23-5-24(13-32)7-25(6-23)14-32)34-16-27-10-30(3,21-34)18-31(4,11-27)22-34;;;;/h23-27H,5-22H2,1-4H3;1H3;2*1H;/q2*-1;;;+4/p-2. The van der Waals surface area contributed by atoms with Gasteiger partial charge in [-0.15, -0.1) is 0 Å². The zero-order chi connectivity index (χ0) is 27.3. The maximum atomic E-state index is 14.7. The molecule has 0 heterocycles. The average Bonchev–Trinajstić information content (AvgIpc) is 2.73. The molecule has 0 saturated heterocycles. The molecular formula is C35H56Cl2NPZr. The molecule has 0 aromatic carbocycles. The first-order chi connectivity index (χ1) is 18.2. The molecule has 4 atom stereocenters. The van der Waals surface area contributed by atoms with Gasteiger partial charge in [-0.1, -0.05) is 27.7 Å². The molecule has 12 aliphatic carbocycles. The fourth-order valence-electron chi connectivity index (χ4n) is 17.5. The fraction of sp³-hybridized carbons (Fsp3) is 0.971. The SMILES string of the molecule is CC12CC3CC(C)(C1)CC(P(=[N-])(C14CC5CC(CC(C5)C1)C4)C14CC5CC(C)(CC(C)(C5)C1)C4)(C3)C2.[CH3-].[Cl][Zr+2][Cl]. The van der Waals surface area contributed by atoms with Crippen LogP contribution in [0.15, 0.2) is 0 Å². The predicted octanol–water partition coefficient (Wildman–Crippen LogP) is 12.1. The average molecular weight is 684 g/mol. The third-order valence-electron chi connectivity index (χ3n) is 15.3. The number of hydrogen-bond acceptors (Lipinski definition) is 0. The van der Waals surface area contributed by atoms with E-state index < -0.39 is 27.9 Å². The Morgan fingerprint density at radius 2 is 0.775 bits per heavy atom. The molecule has 0 amide bonds. The summed E-state index contributed by atoms with van der Waals surface area (Å²) in [6.07, 6.45) is 26.3. The Balaban J connectivity index is 0.000000636. The van der Waals surface area contributed by atoms with Gasteiger partial charge in [-0.05, 0) is 182 Å². The summed E-state index contributed by atoms with van der Waals surface area (Å²) in [4.78, 5) is 0. The van der Waals surface area contributed by atoms with Crippen LogP contribution in [0.2, 0.25) is 0 Å². The van der Waals surface area contributed by atoms with Crippen LogP contribution in [0.1, 0.15) is 143 Å².